The van der Waals surface area contributed by atoms with Crippen LogP contribution < -0.4 is 0 Å². The van der Waals surface area contributed by atoms with Crippen molar-refractivity contribution in [2.24, 2.45) is 0 Å². The number of benzene rings is 1. The van der Waals surface area contributed by atoms with Crippen molar-refractivity contribution in [3.63, 3.8) is 0 Å². The van der Waals surface area contributed by atoms with Crippen molar-refractivity contribution in [3.8, 4) is 0 Å². The first-order valence-electron chi connectivity index (χ1n) is 7.80. The summed E-state index contributed by atoms with van der Waals surface area (Å²) in [5.41, 5.74) is 4.97. The Morgan fingerprint density at radius 2 is 1.95 bits per heavy atom. The van der Waals surface area contributed by atoms with E-state index in [0.29, 0.717) is 5.92 Å². The summed E-state index contributed by atoms with van der Waals surface area (Å²) in [4.78, 5) is 0. The molecule has 1 aromatic carbocycles. The van der Waals surface area contributed by atoms with E-state index in [9.17, 15) is 5.11 Å². The molecule has 3 nitrogen and oxygen atoms in total. The number of hydrogen-bond acceptors (Lipinski definition) is 3. The van der Waals surface area contributed by atoms with Gasteiger partial charge in [0.15, 0.2) is 0 Å². The van der Waals surface area contributed by atoms with E-state index in [1.54, 1.807) is 0 Å². The average Bonchev–Trinajstić information content (AvgIpc) is 2.45. The van der Waals surface area contributed by atoms with Gasteiger partial charge in [-0.1, -0.05) is 37.6 Å². The Balaban J connectivity index is 2.02. The van der Waals surface area contributed by atoms with Crippen molar-refractivity contribution in [1.82, 2.24) is 10.2 Å². The smallest absolute Gasteiger partial charge is 0.106 e. The van der Waals surface area contributed by atoms with E-state index >= 15 is 0 Å². The Kier molecular flexibility index (Phi) is 4.02. The van der Waals surface area contributed by atoms with Gasteiger partial charge in [-0.15, -0.1) is 0 Å². The van der Waals surface area contributed by atoms with Crippen molar-refractivity contribution < 1.29 is 5.11 Å². The molecule has 2 aromatic rings. The molecule has 1 saturated carbocycles. The summed E-state index contributed by atoms with van der Waals surface area (Å²) in [6.07, 6.45) is 3.94. The van der Waals surface area contributed by atoms with Crippen molar-refractivity contribution in [2.45, 2.75) is 51.6 Å². The Labute approximate surface area is 126 Å². The molecule has 0 radical (unpaired) electrons. The Hall–Kier alpha value is -1.74. The van der Waals surface area contributed by atoms with E-state index < -0.39 is 6.10 Å². The average molecular weight is 282 g/mol. The molecule has 1 aliphatic carbocycles. The molecule has 0 amide bonds. The summed E-state index contributed by atoms with van der Waals surface area (Å²) in [5, 5.41) is 19.3. The summed E-state index contributed by atoms with van der Waals surface area (Å²) < 4.78 is 0. The van der Waals surface area contributed by atoms with Crippen molar-refractivity contribution in [2.75, 3.05) is 0 Å². The van der Waals surface area contributed by atoms with Crippen LogP contribution in [0.5, 0.6) is 0 Å². The summed E-state index contributed by atoms with van der Waals surface area (Å²) in [6.45, 7) is 3.97. The molecule has 0 spiro atoms. The third-order valence-corrected chi connectivity index (χ3v) is 4.49. The normalized spacial score (nSPS) is 16.5. The van der Waals surface area contributed by atoms with Crippen LogP contribution in [0.2, 0.25) is 0 Å². The van der Waals surface area contributed by atoms with E-state index in [2.05, 4.69) is 22.3 Å². The Morgan fingerprint density at radius 1 is 1.19 bits per heavy atom. The Morgan fingerprint density at radius 3 is 2.62 bits per heavy atom. The second-order valence-electron chi connectivity index (χ2n) is 5.90. The highest BCUT2D eigenvalue weighted by Crippen LogP contribution is 2.40. The molecule has 3 rings (SSSR count). The molecule has 110 valence electrons. The minimum absolute atomic E-state index is 0.606. The summed E-state index contributed by atoms with van der Waals surface area (Å²) >= 11 is 0. The van der Waals surface area contributed by atoms with Gasteiger partial charge in [0.1, 0.15) is 6.10 Å². The molecule has 21 heavy (non-hydrogen) atoms. The van der Waals surface area contributed by atoms with Gasteiger partial charge in [-0.05, 0) is 49.3 Å². The van der Waals surface area contributed by atoms with Crippen LogP contribution in [0.15, 0.2) is 30.3 Å². The lowest BCUT2D eigenvalue weighted by molar-refractivity contribution is 0.215. The molecule has 1 atom stereocenters. The zero-order chi connectivity index (χ0) is 14.8. The van der Waals surface area contributed by atoms with Crippen molar-refractivity contribution in [1.29, 1.82) is 0 Å². The van der Waals surface area contributed by atoms with Crippen LogP contribution in [-0.4, -0.2) is 15.3 Å². The van der Waals surface area contributed by atoms with Crippen LogP contribution in [0.4, 0.5) is 0 Å². The summed E-state index contributed by atoms with van der Waals surface area (Å²) in [5.74, 6) is 0.608. The van der Waals surface area contributed by atoms with Gasteiger partial charge in [-0.25, -0.2) is 0 Å². The predicted octanol–water partition coefficient (Wildman–Crippen LogP) is 3.70. The molecule has 0 aliphatic heterocycles. The van der Waals surface area contributed by atoms with Gasteiger partial charge < -0.3 is 5.11 Å². The first-order chi connectivity index (χ1) is 10.2. The number of aliphatic hydroxyl groups is 1. The lowest BCUT2D eigenvalue weighted by Gasteiger charge is -2.29. The van der Waals surface area contributed by atoms with Crippen LogP contribution in [-0.2, 0) is 6.42 Å². The van der Waals surface area contributed by atoms with Gasteiger partial charge in [0.05, 0.1) is 11.4 Å². The fourth-order valence-corrected chi connectivity index (χ4v) is 3.06. The van der Waals surface area contributed by atoms with E-state index in [1.807, 2.05) is 32.0 Å². The highest BCUT2D eigenvalue weighted by Gasteiger charge is 2.26. The van der Waals surface area contributed by atoms with Gasteiger partial charge >= 0.3 is 0 Å². The van der Waals surface area contributed by atoms with E-state index in [1.165, 1.54) is 24.8 Å². The molecule has 1 N–H and O–H groups in total. The second-order valence-corrected chi connectivity index (χ2v) is 5.90. The fourth-order valence-electron chi connectivity index (χ4n) is 3.06. The lowest BCUT2D eigenvalue weighted by atomic mass is 9.77. The number of rotatable bonds is 4. The van der Waals surface area contributed by atoms with Crippen LogP contribution in [0.1, 0.15) is 66.3 Å². The SMILES string of the molecule is CCc1nnc(C)cc1C(O)c1ccccc1C1CCC1. The fraction of sp³-hybridized carbons (Fsp3) is 0.444. The molecule has 3 heteroatoms. The Bertz CT molecular complexity index is 635. The predicted molar refractivity (Wildman–Crippen MR) is 83.2 cm³/mol. The number of hydrogen-bond donors (Lipinski definition) is 1. The molecular weight excluding hydrogens is 260 g/mol. The first-order valence-corrected chi connectivity index (χ1v) is 7.80. The highest BCUT2D eigenvalue weighted by molar-refractivity contribution is 5.40. The highest BCUT2D eigenvalue weighted by atomic mass is 16.3. The molecule has 0 bridgehead atoms. The maximum absolute atomic E-state index is 10.9. The molecule has 1 aromatic heterocycles. The number of nitrogens with zero attached hydrogens (tertiary/aromatic N) is 2. The zero-order valence-corrected chi connectivity index (χ0v) is 12.7. The van der Waals surface area contributed by atoms with E-state index in [-0.39, 0.29) is 0 Å². The molecule has 1 heterocycles. The number of aryl methyl sites for hydroxylation is 2. The minimum Gasteiger partial charge on any atom is -0.384 e. The number of aromatic nitrogens is 2. The van der Waals surface area contributed by atoms with Crippen LogP contribution in [0.3, 0.4) is 0 Å². The van der Waals surface area contributed by atoms with Crippen molar-refractivity contribution in [3.05, 3.63) is 58.4 Å². The van der Waals surface area contributed by atoms with Gasteiger partial charge in [-0.3, -0.25) is 0 Å². The molecule has 1 fully saturated rings. The van der Waals surface area contributed by atoms with Crippen LogP contribution in [0, 0.1) is 6.92 Å². The van der Waals surface area contributed by atoms with Crippen LogP contribution >= 0.6 is 0 Å². The van der Waals surface area contributed by atoms with E-state index in [4.69, 9.17) is 0 Å². The second kappa shape index (κ2) is 5.94. The monoisotopic (exact) mass is 282 g/mol. The zero-order valence-electron chi connectivity index (χ0n) is 12.7. The molecular formula is C18H22N2O. The maximum Gasteiger partial charge on any atom is 0.106 e. The van der Waals surface area contributed by atoms with Gasteiger partial charge in [0.2, 0.25) is 0 Å². The van der Waals surface area contributed by atoms with Gasteiger partial charge in [-0.2, -0.15) is 10.2 Å². The third-order valence-electron chi connectivity index (χ3n) is 4.49. The third kappa shape index (κ3) is 2.70. The standard InChI is InChI=1S/C18H22N2O/c1-3-17-16(11-12(2)19-20-17)18(21)15-10-5-4-9-14(15)13-7-6-8-13/h4-5,9-11,13,18,21H,3,6-8H2,1-2H3. The molecule has 0 saturated heterocycles. The first kappa shape index (κ1) is 14.2. The van der Waals surface area contributed by atoms with Crippen LogP contribution in [0.25, 0.3) is 0 Å². The number of aliphatic hydroxyl groups excluding tert-OH is 1. The summed E-state index contributed by atoms with van der Waals surface area (Å²) in [7, 11) is 0. The maximum atomic E-state index is 10.9. The lowest BCUT2D eigenvalue weighted by Crippen LogP contribution is -2.15. The van der Waals surface area contributed by atoms with Gasteiger partial charge in [0.25, 0.3) is 0 Å². The van der Waals surface area contributed by atoms with E-state index in [0.717, 1.165) is 28.9 Å². The largest absolute Gasteiger partial charge is 0.384 e. The molecule has 1 unspecified atom stereocenters. The molecule has 1 aliphatic rings. The summed E-state index contributed by atoms with van der Waals surface area (Å²) in [6, 6.07) is 10.3. The quantitative estimate of drug-likeness (QED) is 0.930. The van der Waals surface area contributed by atoms with Crippen molar-refractivity contribution >= 4 is 0 Å². The topological polar surface area (TPSA) is 46.0 Å². The van der Waals surface area contributed by atoms with Gasteiger partial charge in [0, 0.05) is 5.56 Å². The minimum atomic E-state index is -0.606.